The van der Waals surface area contributed by atoms with Crippen LogP contribution >= 0.6 is 11.6 Å². The maximum atomic E-state index is 12.7. The monoisotopic (exact) mass is 249 g/mol. The van der Waals surface area contributed by atoms with Crippen LogP contribution in [0.15, 0.2) is 42.7 Å². The lowest BCUT2D eigenvalue weighted by Crippen LogP contribution is -2.02. The van der Waals surface area contributed by atoms with E-state index in [9.17, 15) is 9.18 Å². The first-order valence-corrected chi connectivity index (χ1v) is 5.54. The van der Waals surface area contributed by atoms with Crippen molar-refractivity contribution in [2.24, 2.45) is 0 Å². The van der Waals surface area contributed by atoms with Crippen LogP contribution in [0.3, 0.4) is 0 Å². The van der Waals surface area contributed by atoms with Gasteiger partial charge in [0.1, 0.15) is 5.82 Å². The zero-order valence-corrected chi connectivity index (χ0v) is 9.62. The highest BCUT2D eigenvalue weighted by Gasteiger charge is 2.09. The number of aromatic nitrogens is 1. The summed E-state index contributed by atoms with van der Waals surface area (Å²) < 4.78 is 12.7. The Labute approximate surface area is 103 Å². The molecule has 0 aliphatic carbocycles. The van der Waals surface area contributed by atoms with Gasteiger partial charge in [0.15, 0.2) is 5.78 Å². The second-order valence-corrected chi connectivity index (χ2v) is 3.82. The standard InChI is InChI=1S/C13H9ClFNO/c14-6-9-5-11(8-16-7-9)13(17)10-1-3-12(15)4-2-10/h1-5,7-8H,6H2. The van der Waals surface area contributed by atoms with Crippen LogP contribution in [0.25, 0.3) is 0 Å². The van der Waals surface area contributed by atoms with Crippen LogP contribution in [0.2, 0.25) is 0 Å². The predicted molar refractivity (Wildman–Crippen MR) is 63.6 cm³/mol. The van der Waals surface area contributed by atoms with Crippen LogP contribution < -0.4 is 0 Å². The van der Waals surface area contributed by atoms with Gasteiger partial charge < -0.3 is 0 Å². The minimum atomic E-state index is -0.366. The number of carbonyl (C=O) groups is 1. The Bertz CT molecular complexity index is 539. The number of nitrogens with zero attached hydrogens (tertiary/aromatic N) is 1. The highest BCUT2D eigenvalue weighted by atomic mass is 35.5. The Hall–Kier alpha value is -1.74. The Balaban J connectivity index is 2.33. The normalized spacial score (nSPS) is 10.2. The van der Waals surface area contributed by atoms with Crippen molar-refractivity contribution < 1.29 is 9.18 Å². The van der Waals surface area contributed by atoms with Gasteiger partial charge in [-0.3, -0.25) is 9.78 Å². The molecule has 0 aliphatic rings. The van der Waals surface area contributed by atoms with Crippen molar-refractivity contribution in [1.29, 1.82) is 0 Å². The van der Waals surface area contributed by atoms with E-state index in [1.54, 1.807) is 12.3 Å². The van der Waals surface area contributed by atoms with E-state index in [2.05, 4.69) is 4.98 Å². The van der Waals surface area contributed by atoms with Gasteiger partial charge in [-0.15, -0.1) is 11.6 Å². The van der Waals surface area contributed by atoms with Crippen molar-refractivity contribution in [3.8, 4) is 0 Å². The van der Waals surface area contributed by atoms with E-state index >= 15 is 0 Å². The molecule has 0 N–H and O–H groups in total. The first kappa shape index (κ1) is 11.7. The number of pyridine rings is 1. The Morgan fingerprint density at radius 2 is 1.88 bits per heavy atom. The SMILES string of the molecule is O=C(c1ccc(F)cc1)c1cncc(CCl)c1. The van der Waals surface area contributed by atoms with Crippen molar-refractivity contribution in [2.75, 3.05) is 0 Å². The highest BCUT2D eigenvalue weighted by Crippen LogP contribution is 2.12. The molecule has 0 fully saturated rings. The summed E-state index contributed by atoms with van der Waals surface area (Å²) >= 11 is 5.67. The molecule has 0 spiro atoms. The zero-order valence-electron chi connectivity index (χ0n) is 8.86. The summed E-state index contributed by atoms with van der Waals surface area (Å²) in [6.07, 6.45) is 3.08. The van der Waals surface area contributed by atoms with Gasteiger partial charge >= 0.3 is 0 Å². The fraction of sp³-hybridized carbons (Fsp3) is 0.0769. The fourth-order valence-electron chi connectivity index (χ4n) is 1.45. The van der Waals surface area contributed by atoms with Gasteiger partial charge in [-0.2, -0.15) is 0 Å². The molecule has 0 unspecified atom stereocenters. The van der Waals surface area contributed by atoms with Crippen LogP contribution in [0.1, 0.15) is 21.5 Å². The third kappa shape index (κ3) is 2.68. The van der Waals surface area contributed by atoms with Crippen LogP contribution in [-0.4, -0.2) is 10.8 Å². The summed E-state index contributed by atoms with van der Waals surface area (Å²) in [5.41, 5.74) is 1.66. The molecule has 0 aliphatic heterocycles. The fourth-order valence-corrected chi connectivity index (χ4v) is 1.60. The van der Waals surface area contributed by atoms with Crippen molar-refractivity contribution in [2.45, 2.75) is 5.88 Å². The predicted octanol–water partition coefficient (Wildman–Crippen LogP) is 3.19. The molecular weight excluding hydrogens is 241 g/mol. The molecule has 0 atom stereocenters. The van der Waals surface area contributed by atoms with Gasteiger partial charge in [0, 0.05) is 29.4 Å². The lowest BCUT2D eigenvalue weighted by molar-refractivity contribution is 0.103. The zero-order chi connectivity index (χ0) is 12.3. The maximum absolute atomic E-state index is 12.7. The molecule has 86 valence electrons. The first-order chi connectivity index (χ1) is 8.20. The third-order valence-electron chi connectivity index (χ3n) is 2.32. The maximum Gasteiger partial charge on any atom is 0.194 e. The molecule has 0 amide bonds. The van der Waals surface area contributed by atoms with E-state index in [1.807, 2.05) is 0 Å². The molecular formula is C13H9ClFNO. The van der Waals surface area contributed by atoms with Crippen LogP contribution in [0.4, 0.5) is 4.39 Å². The number of hydrogen-bond donors (Lipinski definition) is 0. The molecule has 2 nitrogen and oxygen atoms in total. The Kier molecular flexibility index (Phi) is 3.49. The first-order valence-electron chi connectivity index (χ1n) is 5.01. The second-order valence-electron chi connectivity index (χ2n) is 3.55. The lowest BCUT2D eigenvalue weighted by Gasteiger charge is -2.02. The molecule has 2 aromatic rings. The van der Waals surface area contributed by atoms with Gasteiger partial charge in [0.05, 0.1) is 0 Å². The summed E-state index contributed by atoms with van der Waals surface area (Å²) in [6, 6.07) is 7.10. The van der Waals surface area contributed by atoms with Gasteiger partial charge in [0.25, 0.3) is 0 Å². The number of halogens is 2. The van der Waals surface area contributed by atoms with Crippen LogP contribution in [-0.2, 0) is 5.88 Å². The number of alkyl halides is 1. The molecule has 0 saturated carbocycles. The van der Waals surface area contributed by atoms with E-state index in [4.69, 9.17) is 11.6 Å². The number of ketones is 1. The van der Waals surface area contributed by atoms with Crippen LogP contribution in [0.5, 0.6) is 0 Å². The Morgan fingerprint density at radius 1 is 1.18 bits per heavy atom. The number of hydrogen-bond acceptors (Lipinski definition) is 2. The lowest BCUT2D eigenvalue weighted by atomic mass is 10.0. The molecule has 2 rings (SSSR count). The third-order valence-corrected chi connectivity index (χ3v) is 2.63. The minimum Gasteiger partial charge on any atom is -0.289 e. The Morgan fingerprint density at radius 3 is 2.53 bits per heavy atom. The second kappa shape index (κ2) is 5.06. The molecule has 1 aromatic heterocycles. The average molecular weight is 250 g/mol. The number of carbonyl (C=O) groups excluding carboxylic acids is 1. The topological polar surface area (TPSA) is 30.0 Å². The summed E-state index contributed by atoms with van der Waals surface area (Å²) in [7, 11) is 0. The summed E-state index contributed by atoms with van der Waals surface area (Å²) in [5, 5.41) is 0. The molecule has 0 bridgehead atoms. The van der Waals surface area contributed by atoms with E-state index in [0.29, 0.717) is 17.0 Å². The van der Waals surface area contributed by atoms with E-state index < -0.39 is 0 Å². The molecule has 1 aromatic carbocycles. The molecule has 17 heavy (non-hydrogen) atoms. The molecule has 0 radical (unpaired) electrons. The largest absolute Gasteiger partial charge is 0.289 e. The van der Waals surface area contributed by atoms with Crippen molar-refractivity contribution in [3.63, 3.8) is 0 Å². The van der Waals surface area contributed by atoms with Gasteiger partial charge in [-0.05, 0) is 35.9 Å². The average Bonchev–Trinajstić information content (AvgIpc) is 2.39. The smallest absolute Gasteiger partial charge is 0.194 e. The summed E-state index contributed by atoms with van der Waals surface area (Å²) in [5.74, 6) is -0.254. The quantitative estimate of drug-likeness (QED) is 0.618. The van der Waals surface area contributed by atoms with E-state index in [1.165, 1.54) is 30.5 Å². The van der Waals surface area contributed by atoms with Crippen molar-refractivity contribution in [1.82, 2.24) is 4.98 Å². The van der Waals surface area contributed by atoms with Crippen molar-refractivity contribution in [3.05, 3.63) is 65.2 Å². The van der Waals surface area contributed by atoms with Gasteiger partial charge in [-0.25, -0.2) is 4.39 Å². The summed E-state index contributed by atoms with van der Waals surface area (Å²) in [4.78, 5) is 16.0. The van der Waals surface area contributed by atoms with Crippen LogP contribution in [0, 0.1) is 5.82 Å². The van der Waals surface area contributed by atoms with E-state index in [-0.39, 0.29) is 11.6 Å². The summed E-state index contributed by atoms with van der Waals surface area (Å²) in [6.45, 7) is 0. The van der Waals surface area contributed by atoms with Gasteiger partial charge in [0.2, 0.25) is 0 Å². The molecule has 0 saturated heterocycles. The van der Waals surface area contributed by atoms with Crippen molar-refractivity contribution >= 4 is 17.4 Å². The molecule has 1 heterocycles. The number of benzene rings is 1. The molecule has 4 heteroatoms. The van der Waals surface area contributed by atoms with Gasteiger partial charge in [-0.1, -0.05) is 0 Å². The number of rotatable bonds is 3. The highest BCUT2D eigenvalue weighted by molar-refractivity contribution is 6.17. The minimum absolute atomic E-state index is 0.190. The van der Waals surface area contributed by atoms with E-state index in [0.717, 1.165) is 5.56 Å².